The van der Waals surface area contributed by atoms with E-state index in [0.29, 0.717) is 0 Å². The van der Waals surface area contributed by atoms with Gasteiger partial charge in [-0.1, -0.05) is 24.5 Å². The van der Waals surface area contributed by atoms with Crippen molar-refractivity contribution < 1.29 is 9.53 Å². The first-order valence-electron chi connectivity index (χ1n) is 4.12. The molecule has 0 amide bonds. The van der Waals surface area contributed by atoms with Gasteiger partial charge in [0.25, 0.3) is 0 Å². The van der Waals surface area contributed by atoms with Crippen LogP contribution < -0.4 is 0 Å². The number of allylic oxidation sites excluding steroid dienone is 3. The van der Waals surface area contributed by atoms with Crippen molar-refractivity contribution in [3.05, 3.63) is 24.8 Å². The third-order valence-corrected chi connectivity index (χ3v) is 1.06. The predicted octanol–water partition coefficient (Wildman–Crippen LogP) is 1.69. The van der Waals surface area contributed by atoms with Gasteiger partial charge >= 0.3 is 5.97 Å². The van der Waals surface area contributed by atoms with Crippen molar-refractivity contribution in [2.45, 2.75) is 20.0 Å². The number of carbonyl (C=O) groups is 1. The van der Waals surface area contributed by atoms with Crippen LogP contribution in [0.2, 0.25) is 0 Å². The molecule has 2 heteroatoms. The second kappa shape index (κ2) is 7.71. The third-order valence-electron chi connectivity index (χ3n) is 1.06. The van der Waals surface area contributed by atoms with E-state index in [1.54, 1.807) is 12.2 Å². The quantitative estimate of drug-likeness (QED) is 0.462. The summed E-state index contributed by atoms with van der Waals surface area (Å²) in [6.45, 7) is 6.60. The van der Waals surface area contributed by atoms with Crippen LogP contribution in [0.1, 0.15) is 13.8 Å². The van der Waals surface area contributed by atoms with E-state index in [4.69, 9.17) is 4.74 Å². The number of rotatable bonds is 1. The van der Waals surface area contributed by atoms with Gasteiger partial charge in [0.2, 0.25) is 6.10 Å². The molecule has 0 spiro atoms. The summed E-state index contributed by atoms with van der Waals surface area (Å²) >= 11 is 0. The molecule has 0 aliphatic heterocycles. The van der Waals surface area contributed by atoms with Crippen LogP contribution in [-0.2, 0) is 9.53 Å². The maximum absolute atomic E-state index is 10.6. The summed E-state index contributed by atoms with van der Waals surface area (Å²) in [4.78, 5) is 10.6. The highest BCUT2D eigenvalue weighted by atomic mass is 16.5. The van der Waals surface area contributed by atoms with Gasteiger partial charge in [-0.15, -0.1) is 0 Å². The van der Waals surface area contributed by atoms with Gasteiger partial charge in [0.1, 0.15) is 0 Å². The van der Waals surface area contributed by atoms with Crippen molar-refractivity contribution in [2.75, 3.05) is 0 Å². The minimum absolute atomic E-state index is 0.400. The number of hydrogen-bond acceptors (Lipinski definition) is 2. The first kappa shape index (κ1) is 12.1. The largest absolute Gasteiger partial charge is 0.437 e. The molecule has 72 valence electrons. The topological polar surface area (TPSA) is 26.3 Å². The second-order valence-electron chi connectivity index (χ2n) is 2.27. The summed E-state index contributed by atoms with van der Waals surface area (Å²) in [7, 11) is 0. The van der Waals surface area contributed by atoms with E-state index in [1.165, 1.54) is 13.0 Å². The highest BCUT2D eigenvalue weighted by Gasteiger charge is 2.02. The van der Waals surface area contributed by atoms with Crippen molar-refractivity contribution in [3.63, 3.8) is 0 Å². The Bertz CT molecular complexity index is 342. The average molecular weight is 188 g/mol. The molecule has 0 saturated heterocycles. The molecule has 0 radical (unpaired) electrons. The molecule has 0 saturated carbocycles. The molecule has 2 nitrogen and oxygen atoms in total. The van der Waals surface area contributed by atoms with Crippen molar-refractivity contribution >= 4 is 5.97 Å². The van der Waals surface area contributed by atoms with Crippen LogP contribution in [0.5, 0.6) is 0 Å². The Labute approximate surface area is 84.6 Å². The number of hydrogen-bond donors (Lipinski definition) is 0. The van der Waals surface area contributed by atoms with Gasteiger partial charge in [0.05, 0.1) is 0 Å². The fourth-order valence-corrected chi connectivity index (χ4v) is 0.603. The molecule has 0 aromatic heterocycles. The highest BCUT2D eigenvalue weighted by molar-refractivity contribution is 5.67. The Morgan fingerprint density at radius 3 is 2.57 bits per heavy atom. The van der Waals surface area contributed by atoms with E-state index in [0.717, 1.165) is 0 Å². The molecule has 0 N–H and O–H groups in total. The van der Waals surface area contributed by atoms with E-state index in [-0.39, 0.29) is 0 Å². The molecule has 1 unspecified atom stereocenters. The zero-order valence-corrected chi connectivity index (χ0v) is 8.33. The summed E-state index contributed by atoms with van der Waals surface area (Å²) in [6, 6.07) is 0. The van der Waals surface area contributed by atoms with E-state index in [2.05, 4.69) is 30.3 Å². The standard InChI is InChI=1S/C12H12O2/c1-4-6-8-10-12(9-7-5-2)14-11(3)13/h4-6,12H,2H2,1,3H3. The van der Waals surface area contributed by atoms with Crippen LogP contribution in [0.3, 0.4) is 0 Å². The van der Waals surface area contributed by atoms with Gasteiger partial charge in [0.15, 0.2) is 0 Å². The van der Waals surface area contributed by atoms with Crippen LogP contribution in [0.15, 0.2) is 24.8 Å². The SMILES string of the molecule is C=CC#CC(C#CC=CC)OC(C)=O. The normalized spacial score (nSPS) is 10.4. The molecule has 0 heterocycles. The average Bonchev–Trinajstić information content (AvgIpc) is 2.13. The van der Waals surface area contributed by atoms with E-state index >= 15 is 0 Å². The van der Waals surface area contributed by atoms with Crippen molar-refractivity contribution in [2.24, 2.45) is 0 Å². The smallest absolute Gasteiger partial charge is 0.304 e. The van der Waals surface area contributed by atoms with Gasteiger partial charge in [-0.25, -0.2) is 0 Å². The zero-order chi connectivity index (χ0) is 10.8. The molecule has 14 heavy (non-hydrogen) atoms. The van der Waals surface area contributed by atoms with Crippen molar-refractivity contribution in [1.29, 1.82) is 0 Å². The first-order chi connectivity index (χ1) is 6.70. The fraction of sp³-hybridized carbons (Fsp3) is 0.250. The van der Waals surface area contributed by atoms with Crippen LogP contribution in [0, 0.1) is 23.7 Å². The maximum Gasteiger partial charge on any atom is 0.304 e. The Kier molecular flexibility index (Phi) is 6.64. The van der Waals surface area contributed by atoms with E-state index in [9.17, 15) is 4.79 Å². The Hall–Kier alpha value is -1.93. The van der Waals surface area contributed by atoms with Crippen LogP contribution >= 0.6 is 0 Å². The van der Waals surface area contributed by atoms with Crippen LogP contribution in [0.4, 0.5) is 0 Å². The highest BCUT2D eigenvalue weighted by Crippen LogP contribution is 1.89. The Balaban J connectivity index is 4.49. The van der Waals surface area contributed by atoms with Gasteiger partial charge in [-0.2, -0.15) is 0 Å². The first-order valence-corrected chi connectivity index (χ1v) is 4.12. The molecule has 0 rings (SSSR count). The molecule has 0 fully saturated rings. The fourth-order valence-electron chi connectivity index (χ4n) is 0.603. The van der Waals surface area contributed by atoms with Crippen LogP contribution in [0.25, 0.3) is 0 Å². The molecular weight excluding hydrogens is 176 g/mol. The van der Waals surface area contributed by atoms with Crippen molar-refractivity contribution in [1.82, 2.24) is 0 Å². The predicted molar refractivity (Wildman–Crippen MR) is 56.1 cm³/mol. The number of ether oxygens (including phenoxy) is 1. The van der Waals surface area contributed by atoms with Crippen LogP contribution in [-0.4, -0.2) is 12.1 Å². The molecule has 0 aromatic rings. The molecule has 0 aromatic carbocycles. The third kappa shape index (κ3) is 6.76. The zero-order valence-electron chi connectivity index (χ0n) is 8.33. The Morgan fingerprint density at radius 2 is 2.07 bits per heavy atom. The summed E-state index contributed by atoms with van der Waals surface area (Å²) in [5.74, 6) is 10.2. The minimum Gasteiger partial charge on any atom is -0.437 e. The lowest BCUT2D eigenvalue weighted by Crippen LogP contribution is -2.11. The Morgan fingerprint density at radius 1 is 1.43 bits per heavy atom. The second-order valence-corrected chi connectivity index (χ2v) is 2.27. The molecular formula is C12H12O2. The monoisotopic (exact) mass is 188 g/mol. The maximum atomic E-state index is 10.6. The lowest BCUT2D eigenvalue weighted by molar-refractivity contribution is -0.141. The summed E-state index contributed by atoms with van der Waals surface area (Å²) in [6.07, 6.45) is 4.19. The van der Waals surface area contributed by atoms with Gasteiger partial charge in [0, 0.05) is 6.92 Å². The summed E-state index contributed by atoms with van der Waals surface area (Å²) in [5, 5.41) is 0. The van der Waals surface area contributed by atoms with Gasteiger partial charge in [-0.05, 0) is 30.9 Å². The molecule has 0 aliphatic carbocycles. The number of carbonyl (C=O) groups excluding carboxylic acids is 1. The summed E-state index contributed by atoms with van der Waals surface area (Å²) in [5.41, 5.74) is 0. The summed E-state index contributed by atoms with van der Waals surface area (Å²) < 4.78 is 4.83. The van der Waals surface area contributed by atoms with Gasteiger partial charge < -0.3 is 4.74 Å². The molecule has 0 aliphatic rings. The lowest BCUT2D eigenvalue weighted by Gasteiger charge is -2.01. The lowest BCUT2D eigenvalue weighted by atomic mass is 10.3. The minimum atomic E-state index is -0.679. The number of esters is 1. The van der Waals surface area contributed by atoms with Gasteiger partial charge in [-0.3, -0.25) is 4.79 Å². The molecule has 0 bridgehead atoms. The van der Waals surface area contributed by atoms with E-state index in [1.807, 2.05) is 6.92 Å². The molecule has 1 atom stereocenters. The van der Waals surface area contributed by atoms with E-state index < -0.39 is 12.1 Å². The van der Waals surface area contributed by atoms with Crippen molar-refractivity contribution in [3.8, 4) is 23.7 Å².